The molecule has 0 bridgehead atoms. The maximum absolute atomic E-state index is 12.7. The van der Waals surface area contributed by atoms with E-state index in [0.717, 1.165) is 21.9 Å². The molecule has 1 N–H and O–H groups in total. The Morgan fingerprint density at radius 3 is 2.54 bits per heavy atom. The number of nitrogens with zero attached hydrogens (tertiary/aromatic N) is 3. The smallest absolute Gasteiger partial charge is 0.252 e. The molecule has 0 fully saturated rings. The van der Waals surface area contributed by atoms with Crippen molar-refractivity contribution in [1.29, 1.82) is 0 Å². The summed E-state index contributed by atoms with van der Waals surface area (Å²) in [5.41, 5.74) is 2.32. The first-order valence-electron chi connectivity index (χ1n) is 9.00. The minimum absolute atomic E-state index is 0.177. The van der Waals surface area contributed by atoms with Gasteiger partial charge in [0.15, 0.2) is 5.82 Å². The Kier molecular flexibility index (Phi) is 5.88. The summed E-state index contributed by atoms with van der Waals surface area (Å²) in [5, 5.41) is 10.8. The summed E-state index contributed by atoms with van der Waals surface area (Å²) >= 11 is 1.58. The van der Waals surface area contributed by atoms with Crippen molar-refractivity contribution in [3.05, 3.63) is 58.6 Å². The lowest BCUT2D eigenvalue weighted by Gasteiger charge is -2.10. The first kappa shape index (κ1) is 20.1. The van der Waals surface area contributed by atoms with E-state index in [0.29, 0.717) is 23.0 Å². The third kappa shape index (κ3) is 4.62. The lowest BCUT2D eigenvalue weighted by molar-refractivity contribution is 0.0946. The van der Waals surface area contributed by atoms with Crippen molar-refractivity contribution >= 4 is 17.7 Å². The molecule has 0 saturated heterocycles. The average molecular weight is 401 g/mol. The number of aryl methyl sites for hydroxylation is 2. The van der Waals surface area contributed by atoms with Crippen LogP contribution >= 0.6 is 11.8 Å². The molecule has 0 spiro atoms. The fourth-order valence-electron chi connectivity index (χ4n) is 2.52. The maximum Gasteiger partial charge on any atom is 0.252 e. The molecule has 28 heavy (non-hydrogen) atoms. The molecule has 8 heteroatoms. The summed E-state index contributed by atoms with van der Waals surface area (Å²) in [4.78, 5) is 17.9. The molecule has 0 aliphatic carbocycles. The van der Waals surface area contributed by atoms with Gasteiger partial charge in [0.25, 0.3) is 5.91 Å². The van der Waals surface area contributed by atoms with Crippen molar-refractivity contribution in [2.24, 2.45) is 0 Å². The van der Waals surface area contributed by atoms with Gasteiger partial charge < -0.3 is 14.4 Å². The Bertz CT molecular complexity index is 952. The maximum atomic E-state index is 12.7. The van der Waals surface area contributed by atoms with E-state index in [-0.39, 0.29) is 17.9 Å². The minimum atomic E-state index is -0.225. The van der Waals surface area contributed by atoms with E-state index in [1.54, 1.807) is 11.8 Å². The van der Waals surface area contributed by atoms with Crippen LogP contribution in [0.15, 0.2) is 38.2 Å². The number of benzene rings is 1. The molecule has 2 heterocycles. The van der Waals surface area contributed by atoms with Gasteiger partial charge in [-0.3, -0.25) is 4.79 Å². The van der Waals surface area contributed by atoms with Crippen molar-refractivity contribution in [2.75, 3.05) is 0 Å². The zero-order valence-corrected chi connectivity index (χ0v) is 17.5. The number of nitrogens with one attached hydrogen (secondary N) is 1. The highest BCUT2D eigenvalue weighted by Gasteiger charge is 2.22. The highest BCUT2D eigenvalue weighted by Crippen LogP contribution is 2.29. The monoisotopic (exact) mass is 400 g/mol. The summed E-state index contributed by atoms with van der Waals surface area (Å²) in [6.07, 6.45) is 0. The van der Waals surface area contributed by atoms with Gasteiger partial charge in [0, 0.05) is 21.6 Å². The van der Waals surface area contributed by atoms with E-state index >= 15 is 0 Å². The van der Waals surface area contributed by atoms with Gasteiger partial charge in [-0.05, 0) is 26.0 Å². The highest BCUT2D eigenvalue weighted by atomic mass is 32.2. The van der Waals surface area contributed by atoms with Gasteiger partial charge in [0.1, 0.15) is 5.76 Å². The topological polar surface area (TPSA) is 94.1 Å². The Morgan fingerprint density at radius 1 is 1.14 bits per heavy atom. The normalized spacial score (nSPS) is 11.6. The lowest BCUT2D eigenvalue weighted by atomic mass is 9.97. The van der Waals surface area contributed by atoms with Crippen LogP contribution in [0.1, 0.15) is 59.9 Å². The lowest BCUT2D eigenvalue weighted by Crippen LogP contribution is -2.24. The fraction of sp³-hybridized carbons (Fsp3) is 0.400. The molecule has 0 aliphatic heterocycles. The first-order chi connectivity index (χ1) is 13.3. The predicted octanol–water partition coefficient (Wildman–Crippen LogP) is 4.19. The van der Waals surface area contributed by atoms with Crippen molar-refractivity contribution < 1.29 is 13.8 Å². The van der Waals surface area contributed by atoms with Crippen LogP contribution in [0.5, 0.6) is 0 Å². The van der Waals surface area contributed by atoms with Gasteiger partial charge in [-0.2, -0.15) is 4.98 Å². The van der Waals surface area contributed by atoms with Crippen molar-refractivity contribution in [1.82, 2.24) is 20.6 Å². The SMILES string of the molecule is Cc1noc(C)c1CSc1ccccc1C(=O)NCc1noc(C(C)(C)C)n1. The van der Waals surface area contributed by atoms with Crippen LogP contribution in [0.2, 0.25) is 0 Å². The van der Waals surface area contributed by atoms with Gasteiger partial charge in [0.05, 0.1) is 17.8 Å². The molecule has 0 radical (unpaired) electrons. The molecule has 3 rings (SSSR count). The van der Waals surface area contributed by atoms with Crippen LogP contribution in [0.3, 0.4) is 0 Å². The molecule has 3 aromatic rings. The Morgan fingerprint density at radius 2 is 1.89 bits per heavy atom. The van der Waals surface area contributed by atoms with Crippen molar-refractivity contribution in [2.45, 2.75) is 57.2 Å². The summed E-state index contributed by atoms with van der Waals surface area (Å²) in [5.74, 6) is 2.32. The molecule has 148 valence electrons. The molecule has 2 aromatic heterocycles. The summed E-state index contributed by atoms with van der Waals surface area (Å²) in [6, 6.07) is 7.51. The summed E-state index contributed by atoms with van der Waals surface area (Å²) < 4.78 is 10.5. The third-order valence-electron chi connectivity index (χ3n) is 4.20. The highest BCUT2D eigenvalue weighted by molar-refractivity contribution is 7.98. The molecule has 7 nitrogen and oxygen atoms in total. The zero-order valence-electron chi connectivity index (χ0n) is 16.7. The number of aromatic nitrogens is 3. The number of carbonyl (C=O) groups is 1. The summed E-state index contributed by atoms with van der Waals surface area (Å²) in [6.45, 7) is 10.0. The molecule has 0 saturated carbocycles. The molecule has 0 unspecified atom stereocenters. The van der Waals surface area contributed by atoms with Gasteiger partial charge in [-0.15, -0.1) is 11.8 Å². The quantitative estimate of drug-likeness (QED) is 0.620. The van der Waals surface area contributed by atoms with E-state index in [1.165, 1.54) is 0 Å². The van der Waals surface area contributed by atoms with E-state index in [4.69, 9.17) is 9.05 Å². The summed E-state index contributed by atoms with van der Waals surface area (Å²) in [7, 11) is 0. The second-order valence-corrected chi connectivity index (χ2v) is 8.55. The Hall–Kier alpha value is -2.61. The van der Waals surface area contributed by atoms with E-state index < -0.39 is 0 Å². The van der Waals surface area contributed by atoms with Crippen molar-refractivity contribution in [3.63, 3.8) is 0 Å². The van der Waals surface area contributed by atoms with E-state index in [2.05, 4.69) is 20.6 Å². The van der Waals surface area contributed by atoms with E-state index in [9.17, 15) is 4.79 Å². The van der Waals surface area contributed by atoms with Crippen LogP contribution in [0.4, 0.5) is 0 Å². The van der Waals surface area contributed by atoms with Crippen LogP contribution in [-0.4, -0.2) is 21.2 Å². The Labute approximate surface area is 168 Å². The third-order valence-corrected chi connectivity index (χ3v) is 5.30. The van der Waals surface area contributed by atoms with Gasteiger partial charge in [0.2, 0.25) is 5.89 Å². The molecule has 0 atom stereocenters. The largest absolute Gasteiger partial charge is 0.361 e. The van der Waals surface area contributed by atoms with E-state index in [1.807, 2.05) is 58.9 Å². The number of amides is 1. The Balaban J connectivity index is 1.66. The molecular weight excluding hydrogens is 376 g/mol. The van der Waals surface area contributed by atoms with Gasteiger partial charge >= 0.3 is 0 Å². The second kappa shape index (κ2) is 8.18. The number of rotatable bonds is 6. The first-order valence-corrected chi connectivity index (χ1v) is 9.99. The number of thioether (sulfide) groups is 1. The molecule has 0 aliphatic rings. The van der Waals surface area contributed by atoms with Crippen LogP contribution < -0.4 is 5.32 Å². The predicted molar refractivity (Wildman–Crippen MR) is 106 cm³/mol. The van der Waals surface area contributed by atoms with Crippen LogP contribution in [0.25, 0.3) is 0 Å². The standard InChI is InChI=1S/C20H24N4O3S/c1-12-15(13(2)26-23-12)11-28-16-9-7-6-8-14(16)18(25)21-10-17-22-19(27-24-17)20(3,4)5/h6-9H,10-11H2,1-5H3,(H,21,25). The van der Waals surface area contributed by atoms with Gasteiger partial charge in [-0.1, -0.05) is 43.2 Å². The van der Waals surface area contributed by atoms with Crippen LogP contribution in [0, 0.1) is 13.8 Å². The van der Waals surface area contributed by atoms with Gasteiger partial charge in [-0.25, -0.2) is 0 Å². The number of hydrogen-bond donors (Lipinski definition) is 1. The zero-order chi connectivity index (χ0) is 20.3. The fourth-order valence-corrected chi connectivity index (χ4v) is 3.73. The number of hydrogen-bond acceptors (Lipinski definition) is 7. The molecule has 1 aromatic carbocycles. The average Bonchev–Trinajstić information content (AvgIpc) is 3.25. The molecular formula is C20H24N4O3S. The minimum Gasteiger partial charge on any atom is -0.361 e. The van der Waals surface area contributed by atoms with Crippen LogP contribution in [-0.2, 0) is 17.7 Å². The second-order valence-electron chi connectivity index (χ2n) is 7.54. The van der Waals surface area contributed by atoms with Crippen molar-refractivity contribution in [3.8, 4) is 0 Å². The number of carbonyl (C=O) groups excluding carboxylic acids is 1. The molecule has 1 amide bonds.